The highest BCUT2D eigenvalue weighted by atomic mass is 16.3. The molecule has 0 aromatic heterocycles. The van der Waals surface area contributed by atoms with Gasteiger partial charge in [-0.2, -0.15) is 0 Å². The van der Waals surface area contributed by atoms with Crippen LogP contribution in [0.25, 0.3) is 0 Å². The van der Waals surface area contributed by atoms with E-state index in [2.05, 4.69) is 10.6 Å². The summed E-state index contributed by atoms with van der Waals surface area (Å²) in [5, 5.41) is 24.0. The van der Waals surface area contributed by atoms with Crippen LogP contribution in [0.3, 0.4) is 0 Å². The van der Waals surface area contributed by atoms with Crippen LogP contribution in [-0.4, -0.2) is 70.7 Å². The standard InChI is InChI=1S/C12H21N3O5/c1-6(16)10(14-7(2)17)12(20)15-5-8(18)4-9(15)11(19)13-3/h6,8-10,16,18H,4-5H2,1-3H3,(H,13,19)(H,14,17)/t6-,8+,9+,10+/m1/s1. The Morgan fingerprint density at radius 1 is 1.35 bits per heavy atom. The van der Waals surface area contributed by atoms with Crippen molar-refractivity contribution in [1.29, 1.82) is 0 Å². The summed E-state index contributed by atoms with van der Waals surface area (Å²) in [4.78, 5) is 36.4. The Hall–Kier alpha value is -1.67. The van der Waals surface area contributed by atoms with Gasteiger partial charge in [0.25, 0.3) is 0 Å². The number of hydrogen-bond acceptors (Lipinski definition) is 5. The number of rotatable bonds is 4. The number of likely N-dealkylation sites (tertiary alicyclic amines) is 1. The minimum atomic E-state index is -1.13. The maximum absolute atomic E-state index is 12.4. The Balaban J connectivity index is 2.91. The van der Waals surface area contributed by atoms with E-state index in [9.17, 15) is 24.6 Å². The second kappa shape index (κ2) is 6.67. The van der Waals surface area contributed by atoms with Gasteiger partial charge in [0.15, 0.2) is 0 Å². The van der Waals surface area contributed by atoms with E-state index in [1.807, 2.05) is 0 Å². The number of likely N-dealkylation sites (N-methyl/N-ethyl adjacent to an activating group) is 1. The number of aliphatic hydroxyl groups excluding tert-OH is 2. The number of carbonyl (C=O) groups is 3. The maximum atomic E-state index is 12.4. The number of nitrogens with zero attached hydrogens (tertiary/aromatic N) is 1. The zero-order chi connectivity index (χ0) is 15.4. The molecule has 1 fully saturated rings. The molecular weight excluding hydrogens is 266 g/mol. The van der Waals surface area contributed by atoms with E-state index in [1.54, 1.807) is 0 Å². The van der Waals surface area contributed by atoms with Gasteiger partial charge in [-0.05, 0) is 6.92 Å². The van der Waals surface area contributed by atoms with Crippen molar-refractivity contribution in [3.8, 4) is 0 Å². The minimum Gasteiger partial charge on any atom is -0.391 e. The Labute approximate surface area is 117 Å². The molecule has 20 heavy (non-hydrogen) atoms. The lowest BCUT2D eigenvalue weighted by Crippen LogP contribution is -2.56. The minimum absolute atomic E-state index is 0.000273. The Morgan fingerprint density at radius 3 is 2.40 bits per heavy atom. The predicted octanol–water partition coefficient (Wildman–Crippen LogP) is -2.42. The van der Waals surface area contributed by atoms with Gasteiger partial charge < -0.3 is 25.7 Å². The van der Waals surface area contributed by atoms with Crippen LogP contribution in [0.4, 0.5) is 0 Å². The van der Waals surface area contributed by atoms with Crippen LogP contribution in [0, 0.1) is 0 Å². The number of hydrogen-bond donors (Lipinski definition) is 4. The largest absolute Gasteiger partial charge is 0.391 e. The molecule has 1 aliphatic heterocycles. The third-order valence-electron chi connectivity index (χ3n) is 3.22. The van der Waals surface area contributed by atoms with Crippen molar-refractivity contribution in [3.05, 3.63) is 0 Å². The number of aliphatic hydroxyl groups is 2. The van der Waals surface area contributed by atoms with Gasteiger partial charge in [-0.15, -0.1) is 0 Å². The van der Waals surface area contributed by atoms with E-state index < -0.39 is 36.1 Å². The highest BCUT2D eigenvalue weighted by Crippen LogP contribution is 2.19. The molecule has 0 spiro atoms. The highest BCUT2D eigenvalue weighted by Gasteiger charge is 2.42. The van der Waals surface area contributed by atoms with Crippen molar-refractivity contribution in [1.82, 2.24) is 15.5 Å². The molecule has 0 bridgehead atoms. The first-order valence-electron chi connectivity index (χ1n) is 6.43. The van der Waals surface area contributed by atoms with Gasteiger partial charge in [0.2, 0.25) is 17.7 Å². The molecule has 0 aromatic rings. The van der Waals surface area contributed by atoms with Crippen molar-refractivity contribution in [2.45, 2.75) is 44.6 Å². The zero-order valence-corrected chi connectivity index (χ0v) is 11.8. The summed E-state index contributed by atoms with van der Waals surface area (Å²) in [7, 11) is 1.44. The second-order valence-electron chi connectivity index (χ2n) is 4.93. The molecule has 1 rings (SSSR count). The SMILES string of the molecule is CNC(=O)[C@@H]1C[C@H](O)CN1C(=O)[C@@H](NC(C)=O)[C@@H](C)O. The molecule has 0 unspecified atom stereocenters. The summed E-state index contributed by atoms with van der Waals surface area (Å²) >= 11 is 0. The fourth-order valence-electron chi connectivity index (χ4n) is 2.26. The van der Waals surface area contributed by atoms with Gasteiger partial charge in [0.05, 0.1) is 12.2 Å². The first-order chi connectivity index (χ1) is 9.27. The molecule has 4 N–H and O–H groups in total. The molecule has 0 saturated carbocycles. The third-order valence-corrected chi connectivity index (χ3v) is 3.22. The van der Waals surface area contributed by atoms with Crippen LogP contribution in [-0.2, 0) is 14.4 Å². The fourth-order valence-corrected chi connectivity index (χ4v) is 2.26. The average Bonchev–Trinajstić information content (AvgIpc) is 2.75. The van der Waals surface area contributed by atoms with Crippen LogP contribution >= 0.6 is 0 Å². The summed E-state index contributed by atoms with van der Waals surface area (Å²) in [6.07, 6.45) is -1.76. The Bertz CT molecular complexity index is 399. The molecule has 1 aliphatic rings. The van der Waals surface area contributed by atoms with Gasteiger partial charge >= 0.3 is 0 Å². The van der Waals surface area contributed by atoms with Crippen LogP contribution in [0.1, 0.15) is 20.3 Å². The molecule has 0 aromatic carbocycles. The molecule has 3 amide bonds. The lowest BCUT2D eigenvalue weighted by atomic mass is 10.1. The van der Waals surface area contributed by atoms with Crippen LogP contribution in [0.15, 0.2) is 0 Å². The van der Waals surface area contributed by atoms with Crippen molar-refractivity contribution in [2.24, 2.45) is 0 Å². The molecule has 0 radical (unpaired) electrons. The monoisotopic (exact) mass is 287 g/mol. The molecule has 1 saturated heterocycles. The zero-order valence-electron chi connectivity index (χ0n) is 11.8. The van der Waals surface area contributed by atoms with E-state index in [0.717, 1.165) is 0 Å². The van der Waals surface area contributed by atoms with Crippen LogP contribution < -0.4 is 10.6 Å². The van der Waals surface area contributed by atoms with E-state index in [1.165, 1.54) is 25.8 Å². The second-order valence-corrected chi connectivity index (χ2v) is 4.93. The van der Waals surface area contributed by atoms with E-state index in [0.29, 0.717) is 0 Å². The number of amides is 3. The van der Waals surface area contributed by atoms with Gasteiger partial charge in [-0.3, -0.25) is 14.4 Å². The maximum Gasteiger partial charge on any atom is 0.248 e. The molecule has 0 aliphatic carbocycles. The van der Waals surface area contributed by atoms with Crippen molar-refractivity contribution < 1.29 is 24.6 Å². The number of β-amino-alcohol motifs (C(OH)–C–C–N with tert-alkyl or cyclic N) is 1. The van der Waals surface area contributed by atoms with Crippen molar-refractivity contribution in [3.63, 3.8) is 0 Å². The molecule has 8 heteroatoms. The Morgan fingerprint density at radius 2 is 1.95 bits per heavy atom. The molecule has 114 valence electrons. The molecular formula is C12H21N3O5. The first-order valence-corrected chi connectivity index (χ1v) is 6.43. The first kappa shape index (κ1) is 16.4. The van der Waals surface area contributed by atoms with E-state index >= 15 is 0 Å². The Kier molecular flexibility index (Phi) is 5.46. The summed E-state index contributed by atoms with van der Waals surface area (Å²) < 4.78 is 0. The third kappa shape index (κ3) is 3.67. The van der Waals surface area contributed by atoms with Crippen LogP contribution in [0.5, 0.6) is 0 Å². The molecule has 4 atom stereocenters. The number of nitrogens with one attached hydrogen (secondary N) is 2. The number of carbonyl (C=O) groups excluding carboxylic acids is 3. The average molecular weight is 287 g/mol. The fraction of sp³-hybridized carbons (Fsp3) is 0.750. The molecule has 8 nitrogen and oxygen atoms in total. The lowest BCUT2D eigenvalue weighted by Gasteiger charge is -2.29. The quantitative estimate of drug-likeness (QED) is 0.459. The summed E-state index contributed by atoms with van der Waals surface area (Å²) in [5.74, 6) is -1.43. The smallest absolute Gasteiger partial charge is 0.248 e. The normalized spacial score (nSPS) is 24.9. The van der Waals surface area contributed by atoms with E-state index in [-0.39, 0.29) is 18.9 Å². The molecule has 1 heterocycles. The van der Waals surface area contributed by atoms with Crippen LogP contribution in [0.2, 0.25) is 0 Å². The van der Waals surface area contributed by atoms with Gasteiger partial charge in [-0.25, -0.2) is 0 Å². The highest BCUT2D eigenvalue weighted by molar-refractivity contribution is 5.92. The van der Waals surface area contributed by atoms with E-state index in [4.69, 9.17) is 0 Å². The van der Waals surface area contributed by atoms with Gasteiger partial charge in [0, 0.05) is 26.9 Å². The summed E-state index contributed by atoms with van der Waals surface area (Å²) in [6.45, 7) is 2.61. The lowest BCUT2D eigenvalue weighted by molar-refractivity contribution is -0.143. The topological polar surface area (TPSA) is 119 Å². The summed E-state index contributed by atoms with van der Waals surface area (Å²) in [6, 6.07) is -1.93. The van der Waals surface area contributed by atoms with Gasteiger partial charge in [0.1, 0.15) is 12.1 Å². The summed E-state index contributed by atoms with van der Waals surface area (Å²) in [5.41, 5.74) is 0. The van der Waals surface area contributed by atoms with Gasteiger partial charge in [-0.1, -0.05) is 0 Å². The van der Waals surface area contributed by atoms with Crippen molar-refractivity contribution in [2.75, 3.05) is 13.6 Å². The van der Waals surface area contributed by atoms with Crippen molar-refractivity contribution >= 4 is 17.7 Å². The predicted molar refractivity (Wildman–Crippen MR) is 69.5 cm³/mol.